The molecule has 0 aliphatic carbocycles. The van der Waals surface area contributed by atoms with Gasteiger partial charge in [0, 0.05) is 43.9 Å². The number of nitrogens with zero attached hydrogens (tertiary/aromatic N) is 3. The zero-order chi connectivity index (χ0) is 14.0. The van der Waals surface area contributed by atoms with Crippen molar-refractivity contribution in [1.29, 1.82) is 0 Å². The summed E-state index contributed by atoms with van der Waals surface area (Å²) in [5.74, 6) is 0.246. The van der Waals surface area contributed by atoms with Crippen molar-refractivity contribution in [2.75, 3.05) is 43.1 Å². The maximum atomic E-state index is 11.2. The third kappa shape index (κ3) is 4.15. The first-order valence-electron chi connectivity index (χ1n) is 6.44. The van der Waals surface area contributed by atoms with E-state index in [2.05, 4.69) is 27.1 Å². The Kier molecular flexibility index (Phi) is 4.47. The first-order chi connectivity index (χ1) is 8.85. The van der Waals surface area contributed by atoms with Crippen molar-refractivity contribution in [2.45, 2.75) is 19.9 Å². The summed E-state index contributed by atoms with van der Waals surface area (Å²) in [6.07, 6.45) is 1.30. The Balaban J connectivity index is 1.91. The van der Waals surface area contributed by atoms with Crippen molar-refractivity contribution in [2.24, 2.45) is 0 Å². The number of hydrogen-bond donors (Lipinski definition) is 0. The molecule has 0 unspecified atom stereocenters. The molecule has 1 atom stereocenters. The summed E-state index contributed by atoms with van der Waals surface area (Å²) in [7, 11) is -2.87. The molecule has 2 rings (SSSR count). The van der Waals surface area contributed by atoms with Crippen LogP contribution in [-0.4, -0.2) is 62.5 Å². The fraction of sp³-hybridized carbons (Fsp3) is 0.750. The van der Waals surface area contributed by atoms with E-state index in [4.69, 9.17) is 0 Å². The third-order valence-corrected chi connectivity index (χ3v) is 5.26. The molecule has 108 valence electrons. The largest absolute Gasteiger partial charge is 0.343 e. The highest BCUT2D eigenvalue weighted by atomic mass is 32.2. The molecule has 0 radical (unpaired) electrons. The highest BCUT2D eigenvalue weighted by Gasteiger charge is 2.25. The average Bonchev–Trinajstić information content (AvgIpc) is 2.72. The molecular formula is C12H21N3O2S2. The van der Waals surface area contributed by atoms with Crippen LogP contribution < -0.4 is 4.90 Å². The molecule has 7 heteroatoms. The lowest BCUT2D eigenvalue weighted by Crippen LogP contribution is -2.52. The van der Waals surface area contributed by atoms with Gasteiger partial charge in [-0.15, -0.1) is 11.3 Å². The quantitative estimate of drug-likeness (QED) is 0.831. The molecule has 2 heterocycles. The van der Waals surface area contributed by atoms with Crippen molar-refractivity contribution < 1.29 is 8.42 Å². The van der Waals surface area contributed by atoms with Gasteiger partial charge in [0.1, 0.15) is 9.84 Å². The predicted molar refractivity (Wildman–Crippen MR) is 79.8 cm³/mol. The summed E-state index contributed by atoms with van der Waals surface area (Å²) in [5, 5.41) is 3.14. The number of hydrogen-bond acceptors (Lipinski definition) is 6. The van der Waals surface area contributed by atoms with E-state index in [1.165, 1.54) is 6.26 Å². The molecule has 0 saturated carbocycles. The van der Waals surface area contributed by atoms with Crippen LogP contribution in [0.4, 0.5) is 5.13 Å². The second-order valence-corrected chi connectivity index (χ2v) is 8.34. The first kappa shape index (κ1) is 14.7. The summed E-state index contributed by atoms with van der Waals surface area (Å²) < 4.78 is 22.4. The van der Waals surface area contributed by atoms with Crippen molar-refractivity contribution >= 4 is 26.3 Å². The lowest BCUT2D eigenvalue weighted by atomic mass is 10.2. The van der Waals surface area contributed by atoms with Gasteiger partial charge in [0.15, 0.2) is 5.13 Å². The second kappa shape index (κ2) is 5.76. The Bertz CT molecular complexity index is 527. The van der Waals surface area contributed by atoms with Crippen LogP contribution in [0.3, 0.4) is 0 Å². The Labute approximate surface area is 119 Å². The number of piperazine rings is 1. The molecule has 1 aromatic heterocycles. The maximum absolute atomic E-state index is 11.2. The summed E-state index contributed by atoms with van der Waals surface area (Å²) in [4.78, 5) is 9.06. The van der Waals surface area contributed by atoms with E-state index >= 15 is 0 Å². The first-order valence-corrected chi connectivity index (χ1v) is 9.38. The van der Waals surface area contributed by atoms with Crippen LogP contribution in [0.5, 0.6) is 0 Å². The Morgan fingerprint density at radius 2 is 2.21 bits per heavy atom. The minimum absolute atomic E-state index is 0.246. The molecule has 1 aromatic rings. The van der Waals surface area contributed by atoms with Gasteiger partial charge in [-0.3, -0.25) is 4.90 Å². The van der Waals surface area contributed by atoms with Gasteiger partial charge in [0.05, 0.1) is 11.4 Å². The van der Waals surface area contributed by atoms with E-state index in [1.54, 1.807) is 11.3 Å². The summed E-state index contributed by atoms with van der Waals surface area (Å²) in [5.41, 5.74) is 1.06. The van der Waals surface area contributed by atoms with E-state index in [-0.39, 0.29) is 5.75 Å². The molecule has 0 bridgehead atoms. The fourth-order valence-electron chi connectivity index (χ4n) is 2.29. The highest BCUT2D eigenvalue weighted by Crippen LogP contribution is 2.24. The number of thiazole rings is 1. The molecule has 5 nitrogen and oxygen atoms in total. The van der Waals surface area contributed by atoms with Crippen molar-refractivity contribution in [3.63, 3.8) is 0 Å². The molecule has 1 saturated heterocycles. The minimum Gasteiger partial charge on any atom is -0.343 e. The van der Waals surface area contributed by atoms with Gasteiger partial charge in [-0.1, -0.05) is 0 Å². The smallest absolute Gasteiger partial charge is 0.185 e. The molecule has 0 spiro atoms. The Hall–Kier alpha value is -0.660. The highest BCUT2D eigenvalue weighted by molar-refractivity contribution is 7.90. The van der Waals surface area contributed by atoms with Gasteiger partial charge in [-0.25, -0.2) is 13.4 Å². The van der Waals surface area contributed by atoms with Crippen LogP contribution in [0.25, 0.3) is 0 Å². The van der Waals surface area contributed by atoms with E-state index in [1.807, 2.05) is 6.92 Å². The molecule has 1 aliphatic rings. The number of anilines is 1. The lowest BCUT2D eigenvalue weighted by molar-refractivity contribution is 0.240. The molecule has 19 heavy (non-hydrogen) atoms. The molecule has 0 N–H and O–H groups in total. The van der Waals surface area contributed by atoms with E-state index in [9.17, 15) is 8.42 Å². The normalized spacial score (nSPS) is 21.8. The van der Waals surface area contributed by atoms with Gasteiger partial charge in [-0.05, 0) is 13.8 Å². The van der Waals surface area contributed by atoms with Gasteiger partial charge in [0.25, 0.3) is 0 Å². The van der Waals surface area contributed by atoms with Gasteiger partial charge in [0.2, 0.25) is 0 Å². The standard InChI is InChI=1S/C12H21N3O2S2/c1-10-9-18-12(13-10)15-5-4-14(8-11(15)2)6-7-19(3,16)17/h9,11H,4-8H2,1-3H3/t11-/m0/s1. The number of aromatic nitrogens is 1. The van der Waals surface area contributed by atoms with E-state index in [0.29, 0.717) is 12.6 Å². The second-order valence-electron chi connectivity index (χ2n) is 5.24. The number of sulfone groups is 1. The zero-order valence-electron chi connectivity index (χ0n) is 11.7. The van der Waals surface area contributed by atoms with Crippen LogP contribution in [0.15, 0.2) is 5.38 Å². The van der Waals surface area contributed by atoms with E-state index in [0.717, 1.165) is 30.5 Å². The minimum atomic E-state index is -2.87. The fourth-order valence-corrected chi connectivity index (χ4v) is 3.81. The van der Waals surface area contributed by atoms with Crippen LogP contribution in [-0.2, 0) is 9.84 Å². The van der Waals surface area contributed by atoms with Gasteiger partial charge < -0.3 is 4.90 Å². The average molecular weight is 303 g/mol. The van der Waals surface area contributed by atoms with Crippen molar-refractivity contribution in [1.82, 2.24) is 9.88 Å². The maximum Gasteiger partial charge on any atom is 0.185 e. The third-order valence-electron chi connectivity index (χ3n) is 3.34. The molecule has 1 aliphatic heterocycles. The monoisotopic (exact) mass is 303 g/mol. The van der Waals surface area contributed by atoms with Crippen molar-refractivity contribution in [3.8, 4) is 0 Å². The summed E-state index contributed by atoms with van der Waals surface area (Å²) in [6, 6.07) is 0.374. The van der Waals surface area contributed by atoms with Crippen LogP contribution >= 0.6 is 11.3 Å². The van der Waals surface area contributed by atoms with Crippen LogP contribution in [0, 0.1) is 6.92 Å². The summed E-state index contributed by atoms with van der Waals surface area (Å²) in [6.45, 7) is 7.52. The molecule has 0 amide bonds. The Morgan fingerprint density at radius 1 is 1.47 bits per heavy atom. The van der Waals surface area contributed by atoms with Crippen molar-refractivity contribution in [3.05, 3.63) is 11.1 Å². The Morgan fingerprint density at radius 3 is 2.74 bits per heavy atom. The summed E-state index contributed by atoms with van der Waals surface area (Å²) >= 11 is 1.68. The predicted octanol–water partition coefficient (Wildman–Crippen LogP) is 1.01. The lowest BCUT2D eigenvalue weighted by Gasteiger charge is -2.39. The molecule has 1 fully saturated rings. The number of aryl methyl sites for hydroxylation is 1. The number of rotatable bonds is 4. The van der Waals surface area contributed by atoms with Gasteiger partial charge in [-0.2, -0.15) is 0 Å². The topological polar surface area (TPSA) is 53.5 Å². The SMILES string of the molecule is Cc1csc(N2CCN(CCS(C)(=O)=O)C[C@@H]2C)n1. The van der Waals surface area contributed by atoms with Crippen LogP contribution in [0.2, 0.25) is 0 Å². The molecular weight excluding hydrogens is 282 g/mol. The van der Waals surface area contributed by atoms with Gasteiger partial charge >= 0.3 is 0 Å². The van der Waals surface area contributed by atoms with E-state index < -0.39 is 9.84 Å². The van der Waals surface area contributed by atoms with Crippen LogP contribution in [0.1, 0.15) is 12.6 Å². The molecule has 0 aromatic carbocycles. The zero-order valence-corrected chi connectivity index (χ0v) is 13.3.